The molecule has 1 aliphatic carbocycles. The minimum absolute atomic E-state index is 0.0688. The SMILES string of the molecule is COC(=O)c1cc(Br)c(=O)n(CC2CCCCC2)c1C. The Balaban J connectivity index is 2.37. The van der Waals surface area contributed by atoms with Crippen LogP contribution >= 0.6 is 15.9 Å². The van der Waals surface area contributed by atoms with Gasteiger partial charge in [-0.25, -0.2) is 4.79 Å². The van der Waals surface area contributed by atoms with E-state index in [9.17, 15) is 9.59 Å². The molecule has 0 aromatic carbocycles. The lowest BCUT2D eigenvalue weighted by Gasteiger charge is -2.24. The number of rotatable bonds is 3. The van der Waals surface area contributed by atoms with Crippen LogP contribution in [0.5, 0.6) is 0 Å². The fourth-order valence-corrected chi connectivity index (χ4v) is 3.33. The van der Waals surface area contributed by atoms with Crippen LogP contribution in [0.3, 0.4) is 0 Å². The number of pyridine rings is 1. The van der Waals surface area contributed by atoms with Crippen molar-refractivity contribution in [2.45, 2.75) is 45.6 Å². The fourth-order valence-electron chi connectivity index (χ4n) is 2.88. The molecule has 0 spiro atoms. The minimum atomic E-state index is -0.402. The Bertz CT molecular complexity index is 559. The van der Waals surface area contributed by atoms with Crippen LogP contribution in [0.4, 0.5) is 0 Å². The second kappa shape index (κ2) is 6.57. The second-order valence-corrected chi connectivity index (χ2v) is 6.26. The zero-order chi connectivity index (χ0) is 14.7. The van der Waals surface area contributed by atoms with Crippen molar-refractivity contribution in [3.8, 4) is 0 Å². The quantitative estimate of drug-likeness (QED) is 0.792. The third-order valence-electron chi connectivity index (χ3n) is 4.09. The number of hydrogen-bond acceptors (Lipinski definition) is 3. The normalized spacial score (nSPS) is 16.1. The van der Waals surface area contributed by atoms with E-state index < -0.39 is 5.97 Å². The summed E-state index contributed by atoms with van der Waals surface area (Å²) in [4.78, 5) is 24.1. The number of ether oxygens (including phenoxy) is 1. The molecule has 0 atom stereocenters. The number of methoxy groups -OCH3 is 1. The standard InChI is InChI=1S/C15H20BrNO3/c1-10-12(15(19)20-2)8-13(16)14(18)17(10)9-11-6-4-3-5-7-11/h8,11H,3-7,9H2,1-2H3. The number of halogens is 1. The minimum Gasteiger partial charge on any atom is -0.465 e. The maximum absolute atomic E-state index is 12.3. The van der Waals surface area contributed by atoms with Crippen molar-refractivity contribution >= 4 is 21.9 Å². The molecule has 0 radical (unpaired) electrons. The van der Waals surface area contributed by atoms with Crippen molar-refractivity contribution in [2.75, 3.05) is 7.11 Å². The molecule has 0 bridgehead atoms. The summed E-state index contributed by atoms with van der Waals surface area (Å²) in [6, 6.07) is 1.56. The summed E-state index contributed by atoms with van der Waals surface area (Å²) in [5, 5.41) is 0. The fraction of sp³-hybridized carbons (Fsp3) is 0.600. The third kappa shape index (κ3) is 3.14. The first-order valence-corrected chi connectivity index (χ1v) is 7.82. The number of hydrogen-bond donors (Lipinski definition) is 0. The first-order chi connectivity index (χ1) is 9.54. The Morgan fingerprint density at radius 1 is 1.40 bits per heavy atom. The zero-order valence-electron chi connectivity index (χ0n) is 11.9. The smallest absolute Gasteiger partial charge is 0.339 e. The van der Waals surface area contributed by atoms with Gasteiger partial charge in [0.2, 0.25) is 0 Å². The third-order valence-corrected chi connectivity index (χ3v) is 4.65. The molecule has 4 nitrogen and oxygen atoms in total. The molecule has 1 fully saturated rings. The summed E-state index contributed by atoms with van der Waals surface area (Å²) in [6.07, 6.45) is 6.07. The van der Waals surface area contributed by atoms with Gasteiger partial charge in [0, 0.05) is 12.2 Å². The van der Waals surface area contributed by atoms with Crippen molar-refractivity contribution in [2.24, 2.45) is 5.92 Å². The zero-order valence-corrected chi connectivity index (χ0v) is 13.5. The van der Waals surface area contributed by atoms with E-state index in [4.69, 9.17) is 4.74 Å². The molecule has 1 aliphatic rings. The van der Waals surface area contributed by atoms with Gasteiger partial charge in [-0.05, 0) is 47.7 Å². The maximum Gasteiger partial charge on any atom is 0.339 e. The highest BCUT2D eigenvalue weighted by Gasteiger charge is 2.20. The van der Waals surface area contributed by atoms with Gasteiger partial charge in [0.05, 0.1) is 17.1 Å². The first kappa shape index (κ1) is 15.3. The molecule has 0 N–H and O–H groups in total. The molecule has 0 aliphatic heterocycles. The predicted molar refractivity (Wildman–Crippen MR) is 81.1 cm³/mol. The van der Waals surface area contributed by atoms with Gasteiger partial charge in [-0.15, -0.1) is 0 Å². The molecule has 1 aromatic heterocycles. The van der Waals surface area contributed by atoms with Gasteiger partial charge in [-0.2, -0.15) is 0 Å². The predicted octanol–water partition coefficient (Wildman–Crippen LogP) is 3.29. The second-order valence-electron chi connectivity index (χ2n) is 5.40. The Morgan fingerprint density at radius 2 is 2.05 bits per heavy atom. The van der Waals surface area contributed by atoms with Crippen molar-refractivity contribution < 1.29 is 9.53 Å². The highest BCUT2D eigenvalue weighted by atomic mass is 79.9. The largest absolute Gasteiger partial charge is 0.465 e. The van der Waals surface area contributed by atoms with Gasteiger partial charge in [-0.3, -0.25) is 4.79 Å². The number of carbonyl (C=O) groups excluding carboxylic acids is 1. The lowest BCUT2D eigenvalue weighted by molar-refractivity contribution is 0.0598. The summed E-state index contributed by atoms with van der Waals surface area (Å²) >= 11 is 3.25. The molecular weight excluding hydrogens is 322 g/mol. The van der Waals surface area contributed by atoms with Crippen LogP contribution in [0.15, 0.2) is 15.3 Å². The molecule has 0 saturated heterocycles. The van der Waals surface area contributed by atoms with Crippen molar-refractivity contribution in [3.63, 3.8) is 0 Å². The molecule has 0 amide bonds. The van der Waals surface area contributed by atoms with E-state index in [0.717, 1.165) is 12.8 Å². The Kier molecular flexibility index (Phi) is 5.02. The molecule has 1 heterocycles. The molecule has 20 heavy (non-hydrogen) atoms. The summed E-state index contributed by atoms with van der Waals surface area (Å²) in [7, 11) is 1.35. The van der Waals surface area contributed by atoms with Crippen molar-refractivity contribution in [1.82, 2.24) is 4.57 Å². The monoisotopic (exact) mass is 341 g/mol. The maximum atomic E-state index is 12.3. The molecule has 1 saturated carbocycles. The van der Waals surface area contributed by atoms with Crippen LogP contribution in [0, 0.1) is 12.8 Å². The summed E-state index contributed by atoms with van der Waals surface area (Å²) in [5.74, 6) is 0.126. The molecule has 110 valence electrons. The molecule has 5 heteroatoms. The summed E-state index contributed by atoms with van der Waals surface area (Å²) < 4.78 is 6.91. The Morgan fingerprint density at radius 3 is 2.65 bits per heavy atom. The molecule has 1 aromatic rings. The van der Waals surface area contributed by atoms with E-state index in [-0.39, 0.29) is 5.56 Å². The van der Waals surface area contributed by atoms with Crippen LogP contribution in [-0.2, 0) is 11.3 Å². The molecule has 2 rings (SSSR count). The van der Waals surface area contributed by atoms with E-state index in [0.29, 0.717) is 28.2 Å². The first-order valence-electron chi connectivity index (χ1n) is 7.03. The Labute approximate surface area is 127 Å². The van der Waals surface area contributed by atoms with Gasteiger partial charge in [0.15, 0.2) is 0 Å². The molecule has 0 unspecified atom stereocenters. The van der Waals surface area contributed by atoms with Crippen LogP contribution in [0.25, 0.3) is 0 Å². The highest BCUT2D eigenvalue weighted by molar-refractivity contribution is 9.10. The van der Waals surface area contributed by atoms with E-state index in [1.807, 2.05) is 6.92 Å². The average Bonchev–Trinajstić information content (AvgIpc) is 2.47. The van der Waals surface area contributed by atoms with E-state index in [1.54, 1.807) is 10.6 Å². The van der Waals surface area contributed by atoms with Crippen LogP contribution < -0.4 is 5.56 Å². The van der Waals surface area contributed by atoms with Crippen LogP contribution in [0.1, 0.15) is 48.2 Å². The van der Waals surface area contributed by atoms with Gasteiger partial charge >= 0.3 is 5.97 Å². The van der Waals surface area contributed by atoms with Crippen molar-refractivity contribution in [1.29, 1.82) is 0 Å². The van der Waals surface area contributed by atoms with Gasteiger partial charge in [0.1, 0.15) is 0 Å². The average molecular weight is 342 g/mol. The van der Waals surface area contributed by atoms with E-state index >= 15 is 0 Å². The Hall–Kier alpha value is -1.10. The van der Waals surface area contributed by atoms with Gasteiger partial charge in [0.25, 0.3) is 5.56 Å². The lowest BCUT2D eigenvalue weighted by Crippen LogP contribution is -2.29. The highest BCUT2D eigenvalue weighted by Crippen LogP contribution is 2.25. The van der Waals surface area contributed by atoms with Crippen LogP contribution in [-0.4, -0.2) is 17.6 Å². The number of nitrogens with zero attached hydrogens (tertiary/aromatic N) is 1. The van der Waals surface area contributed by atoms with E-state index in [2.05, 4.69) is 15.9 Å². The van der Waals surface area contributed by atoms with Crippen molar-refractivity contribution in [3.05, 3.63) is 32.2 Å². The number of carbonyl (C=O) groups is 1. The topological polar surface area (TPSA) is 48.3 Å². The lowest BCUT2D eigenvalue weighted by atomic mass is 9.89. The van der Waals surface area contributed by atoms with Crippen LogP contribution in [0.2, 0.25) is 0 Å². The van der Waals surface area contributed by atoms with Gasteiger partial charge in [-0.1, -0.05) is 19.3 Å². The number of esters is 1. The van der Waals surface area contributed by atoms with E-state index in [1.165, 1.54) is 26.4 Å². The molecular formula is C15H20BrNO3. The number of aromatic nitrogens is 1. The summed E-state index contributed by atoms with van der Waals surface area (Å²) in [6.45, 7) is 2.50. The summed E-state index contributed by atoms with van der Waals surface area (Å²) in [5.41, 5.74) is 1.08. The van der Waals surface area contributed by atoms with Gasteiger partial charge < -0.3 is 9.30 Å².